The van der Waals surface area contributed by atoms with Gasteiger partial charge in [0.1, 0.15) is 0 Å². The SMILES string of the molecule is CC(C)N(CCNc1nsnc1Cl)C(C)C. The summed E-state index contributed by atoms with van der Waals surface area (Å²) in [4.78, 5) is 2.42. The van der Waals surface area contributed by atoms with E-state index in [1.165, 1.54) is 0 Å². The van der Waals surface area contributed by atoms with Gasteiger partial charge in [0.2, 0.25) is 0 Å². The summed E-state index contributed by atoms with van der Waals surface area (Å²) in [6.07, 6.45) is 0. The Bertz CT molecular complexity index is 306. The first-order valence-electron chi connectivity index (χ1n) is 5.50. The van der Waals surface area contributed by atoms with Crippen LogP contribution in [0.1, 0.15) is 27.7 Å². The van der Waals surface area contributed by atoms with Gasteiger partial charge in [-0.3, -0.25) is 4.90 Å². The van der Waals surface area contributed by atoms with Crippen LogP contribution in [0, 0.1) is 0 Å². The van der Waals surface area contributed by atoms with Crippen molar-refractivity contribution < 1.29 is 0 Å². The molecule has 0 aliphatic carbocycles. The molecule has 6 heteroatoms. The Hall–Kier alpha value is -0.390. The second-order valence-electron chi connectivity index (χ2n) is 4.26. The van der Waals surface area contributed by atoms with Crippen molar-refractivity contribution in [1.82, 2.24) is 13.6 Å². The van der Waals surface area contributed by atoms with Crippen molar-refractivity contribution in [1.29, 1.82) is 0 Å². The highest BCUT2D eigenvalue weighted by Crippen LogP contribution is 2.17. The van der Waals surface area contributed by atoms with Gasteiger partial charge in [-0.2, -0.15) is 8.75 Å². The molecule has 0 amide bonds. The van der Waals surface area contributed by atoms with Gasteiger partial charge in [0.05, 0.1) is 11.7 Å². The maximum atomic E-state index is 5.84. The number of rotatable bonds is 6. The first-order chi connectivity index (χ1) is 7.52. The van der Waals surface area contributed by atoms with Crippen LogP contribution in [0.4, 0.5) is 5.82 Å². The van der Waals surface area contributed by atoms with E-state index in [9.17, 15) is 0 Å². The summed E-state index contributed by atoms with van der Waals surface area (Å²) in [7, 11) is 0. The maximum absolute atomic E-state index is 5.84. The number of aromatic nitrogens is 2. The lowest BCUT2D eigenvalue weighted by Crippen LogP contribution is -2.40. The highest BCUT2D eigenvalue weighted by Gasteiger charge is 2.13. The minimum atomic E-state index is 0.464. The Morgan fingerprint density at radius 2 is 1.88 bits per heavy atom. The van der Waals surface area contributed by atoms with E-state index in [2.05, 4.69) is 46.7 Å². The molecule has 1 N–H and O–H groups in total. The van der Waals surface area contributed by atoms with Crippen molar-refractivity contribution in [3.8, 4) is 0 Å². The van der Waals surface area contributed by atoms with Gasteiger partial charge in [-0.15, -0.1) is 0 Å². The Balaban J connectivity index is 2.37. The third kappa shape index (κ3) is 3.88. The van der Waals surface area contributed by atoms with Crippen molar-refractivity contribution in [3.05, 3.63) is 5.15 Å². The largest absolute Gasteiger partial charge is 0.365 e. The molecule has 1 aromatic rings. The molecule has 1 heterocycles. The molecule has 0 unspecified atom stereocenters. The first kappa shape index (κ1) is 13.7. The van der Waals surface area contributed by atoms with E-state index in [4.69, 9.17) is 11.6 Å². The van der Waals surface area contributed by atoms with Crippen LogP contribution in [0.3, 0.4) is 0 Å². The first-order valence-corrected chi connectivity index (χ1v) is 6.61. The summed E-state index contributed by atoms with van der Waals surface area (Å²) < 4.78 is 7.98. The Labute approximate surface area is 106 Å². The molecule has 0 saturated heterocycles. The fraction of sp³-hybridized carbons (Fsp3) is 0.800. The number of nitrogens with zero attached hydrogens (tertiary/aromatic N) is 3. The quantitative estimate of drug-likeness (QED) is 0.856. The summed E-state index contributed by atoms with van der Waals surface area (Å²) >= 11 is 6.97. The molecule has 16 heavy (non-hydrogen) atoms. The molecule has 0 spiro atoms. The van der Waals surface area contributed by atoms with Crippen LogP contribution in [-0.4, -0.2) is 38.8 Å². The molecule has 0 atom stereocenters. The Morgan fingerprint density at radius 3 is 2.31 bits per heavy atom. The summed E-state index contributed by atoms with van der Waals surface area (Å²) in [5.74, 6) is 0.694. The zero-order valence-electron chi connectivity index (χ0n) is 10.2. The van der Waals surface area contributed by atoms with Gasteiger partial charge in [-0.1, -0.05) is 11.6 Å². The maximum Gasteiger partial charge on any atom is 0.186 e. The number of halogens is 1. The molecule has 92 valence electrons. The highest BCUT2D eigenvalue weighted by molar-refractivity contribution is 6.99. The minimum absolute atomic E-state index is 0.464. The Kier molecular flexibility index (Phi) is 5.44. The fourth-order valence-electron chi connectivity index (χ4n) is 1.70. The molecule has 0 aromatic carbocycles. The molecule has 0 aliphatic rings. The molecule has 1 aromatic heterocycles. The predicted molar refractivity (Wildman–Crippen MR) is 70.4 cm³/mol. The standard InChI is InChI=1S/C10H19ClN4S/c1-7(2)15(8(3)4)6-5-12-10-9(11)13-16-14-10/h7-8H,5-6H2,1-4H3,(H,12,14). The zero-order valence-corrected chi connectivity index (χ0v) is 11.8. The average Bonchev–Trinajstić information content (AvgIpc) is 2.57. The van der Waals surface area contributed by atoms with Gasteiger partial charge in [0.15, 0.2) is 11.0 Å². The van der Waals surface area contributed by atoms with Crippen molar-refractivity contribution in [2.75, 3.05) is 18.4 Å². The fourth-order valence-corrected chi connectivity index (χ4v) is 2.38. The lowest BCUT2D eigenvalue weighted by atomic mass is 10.2. The van der Waals surface area contributed by atoms with Crippen LogP contribution in [0.25, 0.3) is 0 Å². The summed E-state index contributed by atoms with van der Waals surface area (Å²) in [6, 6.07) is 1.09. The third-order valence-electron chi connectivity index (χ3n) is 2.44. The normalized spacial score (nSPS) is 11.8. The summed E-state index contributed by atoms with van der Waals surface area (Å²) in [6.45, 7) is 10.6. The molecular formula is C10H19ClN4S. The van der Waals surface area contributed by atoms with E-state index in [-0.39, 0.29) is 0 Å². The molecule has 0 bridgehead atoms. The van der Waals surface area contributed by atoms with Crippen LogP contribution in [-0.2, 0) is 0 Å². The van der Waals surface area contributed by atoms with Crippen LogP contribution in [0.2, 0.25) is 5.15 Å². The zero-order chi connectivity index (χ0) is 12.1. The predicted octanol–water partition coefficient (Wildman–Crippen LogP) is 2.72. The second-order valence-corrected chi connectivity index (χ2v) is 5.14. The number of hydrogen-bond donors (Lipinski definition) is 1. The monoisotopic (exact) mass is 262 g/mol. The topological polar surface area (TPSA) is 41.0 Å². The van der Waals surface area contributed by atoms with Gasteiger partial charge in [-0.05, 0) is 27.7 Å². The molecule has 0 saturated carbocycles. The minimum Gasteiger partial charge on any atom is -0.365 e. The number of hydrogen-bond acceptors (Lipinski definition) is 5. The van der Waals surface area contributed by atoms with E-state index < -0.39 is 0 Å². The van der Waals surface area contributed by atoms with Crippen molar-refractivity contribution >= 4 is 29.1 Å². The van der Waals surface area contributed by atoms with Gasteiger partial charge in [0, 0.05) is 25.2 Å². The molecule has 4 nitrogen and oxygen atoms in total. The third-order valence-corrected chi connectivity index (χ3v) is 3.33. The van der Waals surface area contributed by atoms with E-state index in [1.54, 1.807) is 0 Å². The number of anilines is 1. The van der Waals surface area contributed by atoms with Crippen LogP contribution >= 0.6 is 23.3 Å². The molecule has 0 fully saturated rings. The molecular weight excluding hydrogens is 244 g/mol. The summed E-state index contributed by atoms with van der Waals surface area (Å²) in [5.41, 5.74) is 0. The van der Waals surface area contributed by atoms with Crippen molar-refractivity contribution in [3.63, 3.8) is 0 Å². The highest BCUT2D eigenvalue weighted by atomic mass is 35.5. The molecule has 0 aliphatic heterocycles. The van der Waals surface area contributed by atoms with Gasteiger partial charge in [-0.25, -0.2) is 0 Å². The molecule has 1 rings (SSSR count). The van der Waals surface area contributed by atoms with Gasteiger partial charge in [0.25, 0.3) is 0 Å². The average molecular weight is 263 g/mol. The van der Waals surface area contributed by atoms with Gasteiger partial charge < -0.3 is 5.32 Å². The van der Waals surface area contributed by atoms with Gasteiger partial charge >= 0.3 is 0 Å². The van der Waals surface area contributed by atoms with Crippen molar-refractivity contribution in [2.24, 2.45) is 0 Å². The lowest BCUT2D eigenvalue weighted by molar-refractivity contribution is 0.182. The van der Waals surface area contributed by atoms with Crippen LogP contribution < -0.4 is 5.32 Å². The second kappa shape index (κ2) is 6.37. The van der Waals surface area contributed by atoms with E-state index in [1.807, 2.05) is 0 Å². The lowest BCUT2D eigenvalue weighted by Gasteiger charge is -2.30. The molecule has 0 radical (unpaired) electrons. The van der Waals surface area contributed by atoms with E-state index in [0.717, 1.165) is 24.8 Å². The van der Waals surface area contributed by atoms with E-state index >= 15 is 0 Å². The van der Waals surface area contributed by atoms with Crippen LogP contribution in [0.15, 0.2) is 0 Å². The number of nitrogens with one attached hydrogen (secondary N) is 1. The smallest absolute Gasteiger partial charge is 0.186 e. The van der Waals surface area contributed by atoms with Crippen molar-refractivity contribution in [2.45, 2.75) is 39.8 Å². The van der Waals surface area contributed by atoms with Crippen LogP contribution in [0.5, 0.6) is 0 Å². The Morgan fingerprint density at radius 1 is 1.25 bits per heavy atom. The van der Waals surface area contributed by atoms with E-state index in [0.29, 0.717) is 23.1 Å². The summed E-state index contributed by atoms with van der Waals surface area (Å²) in [5, 5.41) is 3.66.